The van der Waals surface area contributed by atoms with Crippen molar-refractivity contribution < 1.29 is 19.7 Å². The average Bonchev–Trinajstić information content (AvgIpc) is 2.27. The summed E-state index contributed by atoms with van der Waals surface area (Å²) in [4.78, 5) is 11.3. The number of allylic oxidation sites excluding steroid dienone is 1. The molecule has 0 bridgehead atoms. The number of aliphatic hydroxyl groups excluding tert-OH is 1. The van der Waals surface area contributed by atoms with E-state index in [0.29, 0.717) is 5.56 Å². The summed E-state index contributed by atoms with van der Waals surface area (Å²) in [5, 5.41) is 19.5. The zero-order valence-corrected chi connectivity index (χ0v) is 10.1. The van der Waals surface area contributed by atoms with Gasteiger partial charge in [0.05, 0.1) is 12.7 Å². The largest absolute Gasteiger partial charge is 0.508 e. The second-order valence-corrected chi connectivity index (χ2v) is 3.95. The molecule has 0 heterocycles. The quantitative estimate of drug-likeness (QED) is 0.623. The maximum absolute atomic E-state index is 11.3. The predicted octanol–water partition coefficient (Wildman–Crippen LogP) is 2.18. The Labute approximate surface area is 100 Å². The van der Waals surface area contributed by atoms with Crippen LogP contribution in [0.5, 0.6) is 5.75 Å². The Balaban J connectivity index is 3.14. The minimum Gasteiger partial charge on any atom is -0.508 e. The Morgan fingerprint density at radius 1 is 1.41 bits per heavy atom. The number of benzene rings is 1. The van der Waals surface area contributed by atoms with Gasteiger partial charge in [0.2, 0.25) is 0 Å². The number of hydrogen-bond donors (Lipinski definition) is 2. The molecule has 2 N–H and O–H groups in total. The molecule has 92 valence electrons. The lowest BCUT2D eigenvalue weighted by atomic mass is 10.0. The fourth-order valence-corrected chi connectivity index (χ4v) is 1.44. The summed E-state index contributed by atoms with van der Waals surface area (Å²) in [6, 6.07) is 4.23. The van der Waals surface area contributed by atoms with Crippen LogP contribution in [0, 0.1) is 0 Å². The van der Waals surface area contributed by atoms with Crippen LogP contribution in [-0.4, -0.2) is 23.3 Å². The zero-order valence-electron chi connectivity index (χ0n) is 10.1. The van der Waals surface area contributed by atoms with Gasteiger partial charge in [-0.25, -0.2) is 4.79 Å². The van der Waals surface area contributed by atoms with Gasteiger partial charge in [-0.2, -0.15) is 0 Å². The molecule has 4 heteroatoms. The smallest absolute Gasteiger partial charge is 0.337 e. The molecule has 4 nitrogen and oxygen atoms in total. The SMILES string of the molecule is COC(=O)c1ccc(O)c(C(O)C=C(C)C)c1. The molecule has 1 atom stereocenters. The number of methoxy groups -OCH3 is 1. The first-order valence-electron chi connectivity index (χ1n) is 5.20. The van der Waals surface area contributed by atoms with E-state index in [1.807, 2.05) is 13.8 Å². The van der Waals surface area contributed by atoms with Crippen LogP contribution in [0.25, 0.3) is 0 Å². The molecule has 0 aliphatic rings. The van der Waals surface area contributed by atoms with E-state index in [9.17, 15) is 15.0 Å². The molecule has 0 amide bonds. The second kappa shape index (κ2) is 5.50. The van der Waals surface area contributed by atoms with Gasteiger partial charge in [0.25, 0.3) is 0 Å². The summed E-state index contributed by atoms with van der Waals surface area (Å²) in [6.45, 7) is 3.68. The summed E-state index contributed by atoms with van der Waals surface area (Å²) < 4.78 is 4.57. The molecule has 0 radical (unpaired) electrons. The Morgan fingerprint density at radius 3 is 2.59 bits per heavy atom. The standard InChI is InChI=1S/C13H16O4/c1-8(2)6-12(15)10-7-9(13(16)17-3)4-5-11(10)14/h4-7,12,14-15H,1-3H3. The van der Waals surface area contributed by atoms with E-state index in [1.165, 1.54) is 25.3 Å². The number of ether oxygens (including phenoxy) is 1. The van der Waals surface area contributed by atoms with E-state index >= 15 is 0 Å². The van der Waals surface area contributed by atoms with Gasteiger partial charge in [0.1, 0.15) is 11.9 Å². The second-order valence-electron chi connectivity index (χ2n) is 3.95. The lowest BCUT2D eigenvalue weighted by Crippen LogP contribution is -2.03. The highest BCUT2D eigenvalue weighted by molar-refractivity contribution is 5.89. The van der Waals surface area contributed by atoms with Crippen LogP contribution in [0.1, 0.15) is 35.9 Å². The number of rotatable bonds is 3. The summed E-state index contributed by atoms with van der Waals surface area (Å²) in [7, 11) is 1.28. The lowest BCUT2D eigenvalue weighted by Gasteiger charge is -2.10. The zero-order chi connectivity index (χ0) is 13.0. The summed E-state index contributed by atoms with van der Waals surface area (Å²) >= 11 is 0. The van der Waals surface area contributed by atoms with Crippen LogP contribution in [0.4, 0.5) is 0 Å². The monoisotopic (exact) mass is 236 g/mol. The lowest BCUT2D eigenvalue weighted by molar-refractivity contribution is 0.0600. The van der Waals surface area contributed by atoms with Crippen molar-refractivity contribution in [3.05, 3.63) is 41.0 Å². The van der Waals surface area contributed by atoms with Gasteiger partial charge in [0, 0.05) is 5.56 Å². The summed E-state index contributed by atoms with van der Waals surface area (Å²) in [6.07, 6.45) is 0.653. The molecular weight excluding hydrogens is 220 g/mol. The third-order valence-corrected chi connectivity index (χ3v) is 2.26. The van der Waals surface area contributed by atoms with Crippen LogP contribution in [0.15, 0.2) is 29.8 Å². The van der Waals surface area contributed by atoms with Crippen LogP contribution in [0.2, 0.25) is 0 Å². The molecule has 0 fully saturated rings. The van der Waals surface area contributed by atoms with Gasteiger partial charge >= 0.3 is 5.97 Å². The number of carbonyl (C=O) groups is 1. The fourth-order valence-electron chi connectivity index (χ4n) is 1.44. The van der Waals surface area contributed by atoms with E-state index in [4.69, 9.17) is 0 Å². The average molecular weight is 236 g/mol. The van der Waals surface area contributed by atoms with Gasteiger partial charge in [0.15, 0.2) is 0 Å². The van der Waals surface area contributed by atoms with Crippen molar-refractivity contribution in [1.82, 2.24) is 0 Å². The number of hydrogen-bond acceptors (Lipinski definition) is 4. The number of aromatic hydroxyl groups is 1. The van der Waals surface area contributed by atoms with Crippen molar-refractivity contribution in [2.24, 2.45) is 0 Å². The fraction of sp³-hybridized carbons (Fsp3) is 0.308. The normalized spacial score (nSPS) is 11.8. The molecule has 1 rings (SSSR count). The number of esters is 1. The molecule has 0 aromatic heterocycles. The molecule has 0 aliphatic carbocycles. The Morgan fingerprint density at radius 2 is 2.06 bits per heavy atom. The van der Waals surface area contributed by atoms with Gasteiger partial charge in [-0.3, -0.25) is 0 Å². The molecule has 0 aliphatic heterocycles. The van der Waals surface area contributed by atoms with Gasteiger partial charge in [-0.05, 0) is 32.0 Å². The third-order valence-electron chi connectivity index (χ3n) is 2.26. The van der Waals surface area contributed by atoms with Crippen molar-refractivity contribution in [3.63, 3.8) is 0 Å². The first-order valence-corrected chi connectivity index (χ1v) is 5.20. The molecule has 17 heavy (non-hydrogen) atoms. The number of phenols is 1. The predicted molar refractivity (Wildman–Crippen MR) is 63.8 cm³/mol. The summed E-state index contributed by atoms with van der Waals surface area (Å²) in [5.74, 6) is -0.557. The van der Waals surface area contributed by atoms with Crippen molar-refractivity contribution >= 4 is 5.97 Å². The van der Waals surface area contributed by atoms with Crippen molar-refractivity contribution in [2.45, 2.75) is 20.0 Å². The van der Waals surface area contributed by atoms with Crippen molar-refractivity contribution in [2.75, 3.05) is 7.11 Å². The van der Waals surface area contributed by atoms with Crippen LogP contribution in [0.3, 0.4) is 0 Å². The van der Waals surface area contributed by atoms with Gasteiger partial charge in [-0.1, -0.05) is 11.6 Å². The third kappa shape index (κ3) is 3.32. The topological polar surface area (TPSA) is 66.8 Å². The molecule has 0 saturated heterocycles. The minimum atomic E-state index is -0.940. The number of phenolic OH excluding ortho intramolecular Hbond substituents is 1. The van der Waals surface area contributed by atoms with Gasteiger partial charge < -0.3 is 14.9 Å². The Bertz CT molecular complexity index is 445. The molecule has 1 unspecified atom stereocenters. The minimum absolute atomic E-state index is 0.0531. The highest BCUT2D eigenvalue weighted by Gasteiger charge is 2.14. The molecule has 0 spiro atoms. The van der Waals surface area contributed by atoms with Crippen molar-refractivity contribution in [1.29, 1.82) is 0 Å². The van der Waals surface area contributed by atoms with Crippen LogP contribution < -0.4 is 0 Å². The first-order chi connectivity index (χ1) is 7.95. The number of carbonyl (C=O) groups excluding carboxylic acids is 1. The van der Waals surface area contributed by atoms with E-state index in [-0.39, 0.29) is 11.3 Å². The van der Waals surface area contributed by atoms with Crippen molar-refractivity contribution in [3.8, 4) is 5.75 Å². The maximum atomic E-state index is 11.3. The molecule has 1 aromatic carbocycles. The van der Waals surface area contributed by atoms with E-state index in [0.717, 1.165) is 5.57 Å². The molecular formula is C13H16O4. The Kier molecular flexibility index (Phi) is 4.29. The number of aliphatic hydroxyl groups is 1. The van der Waals surface area contributed by atoms with E-state index in [1.54, 1.807) is 6.08 Å². The highest BCUT2D eigenvalue weighted by atomic mass is 16.5. The van der Waals surface area contributed by atoms with E-state index in [2.05, 4.69) is 4.74 Å². The Hall–Kier alpha value is -1.81. The highest BCUT2D eigenvalue weighted by Crippen LogP contribution is 2.27. The summed E-state index contributed by atoms with van der Waals surface area (Å²) in [5.41, 5.74) is 1.50. The van der Waals surface area contributed by atoms with Gasteiger partial charge in [-0.15, -0.1) is 0 Å². The molecule has 1 aromatic rings. The van der Waals surface area contributed by atoms with Crippen LogP contribution in [-0.2, 0) is 4.74 Å². The maximum Gasteiger partial charge on any atom is 0.337 e. The first kappa shape index (κ1) is 13.3. The van der Waals surface area contributed by atoms with Crippen LogP contribution >= 0.6 is 0 Å². The molecule has 0 saturated carbocycles. The van der Waals surface area contributed by atoms with E-state index < -0.39 is 12.1 Å².